The van der Waals surface area contributed by atoms with Crippen LogP contribution in [0.4, 0.5) is 0 Å². The van der Waals surface area contributed by atoms with E-state index in [0.29, 0.717) is 0 Å². The summed E-state index contributed by atoms with van der Waals surface area (Å²) in [6.45, 7) is 4.12. The van der Waals surface area contributed by atoms with Gasteiger partial charge in [0.1, 0.15) is 0 Å². The second-order valence-electron chi connectivity index (χ2n) is 9.12. The van der Waals surface area contributed by atoms with Crippen LogP contribution in [0, 0.1) is 26.0 Å². The summed E-state index contributed by atoms with van der Waals surface area (Å²) in [6, 6.07) is 47.8. The molecule has 0 saturated heterocycles. The molecule has 0 atom stereocenters. The van der Waals surface area contributed by atoms with E-state index in [1.165, 1.54) is 33.4 Å². The van der Waals surface area contributed by atoms with E-state index in [-0.39, 0.29) is 20.1 Å². The van der Waals surface area contributed by atoms with Crippen LogP contribution in [0.5, 0.6) is 0 Å². The van der Waals surface area contributed by atoms with Crippen molar-refractivity contribution in [3.8, 4) is 44.8 Å². The zero-order valence-corrected chi connectivity index (χ0v) is 24.3. The van der Waals surface area contributed by atoms with Crippen LogP contribution in [0.25, 0.3) is 44.8 Å². The first-order valence-electron chi connectivity index (χ1n) is 12.7. The Hall–Kier alpha value is -4.17. The average Bonchev–Trinajstić information content (AvgIpc) is 2.99. The minimum absolute atomic E-state index is 0. The molecule has 0 aliphatic rings. The van der Waals surface area contributed by atoms with Gasteiger partial charge in [0, 0.05) is 32.5 Å². The molecule has 6 aromatic rings. The fourth-order valence-electron chi connectivity index (χ4n) is 4.22. The smallest absolute Gasteiger partial charge is 0.0190 e. The molecule has 1 radical (unpaired) electrons. The Bertz CT molecular complexity index is 1600. The summed E-state index contributed by atoms with van der Waals surface area (Å²) in [7, 11) is 0. The van der Waals surface area contributed by atoms with Gasteiger partial charge in [0.2, 0.25) is 0 Å². The summed E-state index contributed by atoms with van der Waals surface area (Å²) in [5.41, 5.74) is 11.1. The fraction of sp³-hybridized carbons (Fsp3) is 0.0556. The molecule has 6 rings (SSSR count). The quantitative estimate of drug-likeness (QED) is 0.174. The third-order valence-corrected chi connectivity index (χ3v) is 6.21. The minimum atomic E-state index is 0. The van der Waals surface area contributed by atoms with Crippen LogP contribution in [0.3, 0.4) is 0 Å². The van der Waals surface area contributed by atoms with Crippen LogP contribution in [0.15, 0.2) is 134 Å². The number of aryl methyl sites for hydroxylation is 2. The molecule has 0 N–H and O–H groups in total. The van der Waals surface area contributed by atoms with E-state index in [1.54, 1.807) is 0 Å². The zero-order valence-electron chi connectivity index (χ0n) is 21.9. The first-order valence-corrected chi connectivity index (χ1v) is 12.7. The molecule has 2 nitrogen and oxygen atoms in total. The minimum Gasteiger partial charge on any atom is -0.305 e. The summed E-state index contributed by atoms with van der Waals surface area (Å²) in [6.07, 6.45) is 3.72. The van der Waals surface area contributed by atoms with Crippen molar-refractivity contribution in [1.82, 2.24) is 9.97 Å². The topological polar surface area (TPSA) is 25.8 Å². The summed E-state index contributed by atoms with van der Waals surface area (Å²) < 4.78 is 0. The van der Waals surface area contributed by atoms with Gasteiger partial charge in [-0.3, -0.25) is 0 Å². The maximum atomic E-state index is 4.52. The Balaban J connectivity index is 0.000000213. The number of benzene rings is 4. The first-order chi connectivity index (χ1) is 18.7. The maximum absolute atomic E-state index is 4.52. The summed E-state index contributed by atoms with van der Waals surface area (Å²) in [5.74, 6) is 0. The summed E-state index contributed by atoms with van der Waals surface area (Å²) in [4.78, 5) is 8.83. The first kappa shape index (κ1) is 27.9. The summed E-state index contributed by atoms with van der Waals surface area (Å²) in [5, 5.41) is 0. The molecule has 193 valence electrons. The average molecular weight is 681 g/mol. The molecule has 0 saturated carbocycles. The van der Waals surface area contributed by atoms with Crippen LogP contribution in [0.1, 0.15) is 11.1 Å². The molecule has 0 aliphatic carbocycles. The van der Waals surface area contributed by atoms with Crippen LogP contribution in [0.2, 0.25) is 0 Å². The normalized spacial score (nSPS) is 10.1. The van der Waals surface area contributed by atoms with Gasteiger partial charge >= 0.3 is 0 Å². The van der Waals surface area contributed by atoms with Gasteiger partial charge in [-0.25, -0.2) is 0 Å². The maximum Gasteiger partial charge on any atom is 0.0190 e. The third-order valence-electron chi connectivity index (χ3n) is 6.21. The van der Waals surface area contributed by atoms with Gasteiger partial charge in [-0.15, -0.1) is 59.7 Å². The van der Waals surface area contributed by atoms with Gasteiger partial charge < -0.3 is 9.97 Å². The van der Waals surface area contributed by atoms with Crippen LogP contribution in [-0.4, -0.2) is 9.97 Å². The van der Waals surface area contributed by atoms with Crippen LogP contribution in [-0.2, 0) is 20.1 Å². The molecule has 4 aromatic carbocycles. The van der Waals surface area contributed by atoms with Crippen LogP contribution < -0.4 is 0 Å². The molecule has 0 spiro atoms. The van der Waals surface area contributed by atoms with Gasteiger partial charge in [-0.05, 0) is 42.4 Å². The number of pyridine rings is 2. The van der Waals surface area contributed by atoms with E-state index in [0.717, 1.165) is 22.5 Å². The number of hydrogen-bond acceptors (Lipinski definition) is 2. The molecule has 39 heavy (non-hydrogen) atoms. The predicted octanol–water partition coefficient (Wildman–Crippen LogP) is 9.05. The van der Waals surface area contributed by atoms with E-state index >= 15 is 0 Å². The molecule has 3 heteroatoms. The molecular formula is C36H28IrN2-2. The summed E-state index contributed by atoms with van der Waals surface area (Å²) >= 11 is 0. The van der Waals surface area contributed by atoms with Gasteiger partial charge in [-0.1, -0.05) is 101 Å². The van der Waals surface area contributed by atoms with Gasteiger partial charge in [0.15, 0.2) is 0 Å². The van der Waals surface area contributed by atoms with E-state index in [9.17, 15) is 0 Å². The van der Waals surface area contributed by atoms with E-state index in [2.05, 4.69) is 102 Å². The SMILES string of the molecule is Cc1ccc(-c2[c-]cccc2)nc1.Cc1ccnc(-c2[c-]cc(-c3ccccc3)c(-c3ccccc3)c2)c1.[Ir]. The largest absolute Gasteiger partial charge is 0.305 e. The standard InChI is InChI=1S/C24H18N.C12H10N.Ir/c1-18-14-15-25-24(16-18)21-12-13-22(19-8-4-2-5-9-19)23(17-21)20-10-6-3-7-11-20;1-10-7-8-12(13-9-10)11-5-3-2-4-6-11;/h2-11,13-17H,1H3;2-5,7-9H,1H3;/q2*-1;. The molecular weight excluding hydrogens is 653 g/mol. The molecule has 0 aliphatic heterocycles. The van der Waals surface area contributed by atoms with Crippen molar-refractivity contribution >= 4 is 0 Å². The molecule has 2 aromatic heterocycles. The second kappa shape index (κ2) is 13.6. The Labute approximate surface area is 244 Å². The van der Waals surface area contributed by atoms with Crippen molar-refractivity contribution in [2.45, 2.75) is 13.8 Å². The van der Waals surface area contributed by atoms with Crippen molar-refractivity contribution < 1.29 is 20.1 Å². The molecule has 0 bridgehead atoms. The van der Waals surface area contributed by atoms with E-state index in [1.807, 2.05) is 67.8 Å². The van der Waals surface area contributed by atoms with Gasteiger partial charge in [-0.2, -0.15) is 0 Å². The fourth-order valence-corrected chi connectivity index (χ4v) is 4.22. The molecule has 2 heterocycles. The van der Waals surface area contributed by atoms with E-state index < -0.39 is 0 Å². The Morgan fingerprint density at radius 1 is 0.538 bits per heavy atom. The second-order valence-corrected chi connectivity index (χ2v) is 9.12. The Morgan fingerprint density at radius 3 is 1.85 bits per heavy atom. The van der Waals surface area contributed by atoms with Gasteiger partial charge in [0.25, 0.3) is 0 Å². The third kappa shape index (κ3) is 7.23. The van der Waals surface area contributed by atoms with Crippen molar-refractivity contribution in [3.05, 3.63) is 157 Å². The van der Waals surface area contributed by atoms with Crippen molar-refractivity contribution in [3.63, 3.8) is 0 Å². The number of rotatable bonds is 4. The number of aromatic nitrogens is 2. The molecule has 0 fully saturated rings. The Morgan fingerprint density at radius 2 is 1.23 bits per heavy atom. The Kier molecular flexibility index (Phi) is 9.69. The monoisotopic (exact) mass is 681 g/mol. The van der Waals surface area contributed by atoms with Gasteiger partial charge in [0.05, 0.1) is 0 Å². The van der Waals surface area contributed by atoms with Crippen molar-refractivity contribution in [1.29, 1.82) is 0 Å². The molecule has 0 unspecified atom stereocenters. The predicted molar refractivity (Wildman–Crippen MR) is 157 cm³/mol. The van der Waals surface area contributed by atoms with Crippen molar-refractivity contribution in [2.24, 2.45) is 0 Å². The molecule has 0 amide bonds. The number of hydrogen-bond donors (Lipinski definition) is 0. The van der Waals surface area contributed by atoms with E-state index in [4.69, 9.17) is 0 Å². The number of nitrogens with zero attached hydrogens (tertiary/aromatic N) is 2. The van der Waals surface area contributed by atoms with Crippen LogP contribution >= 0.6 is 0 Å². The van der Waals surface area contributed by atoms with Crippen molar-refractivity contribution in [2.75, 3.05) is 0 Å². The zero-order chi connectivity index (χ0) is 26.2.